The van der Waals surface area contributed by atoms with Crippen LogP contribution in [0.2, 0.25) is 0 Å². The van der Waals surface area contributed by atoms with Gasteiger partial charge in [-0.1, -0.05) is 0 Å². The van der Waals surface area contributed by atoms with Crippen molar-refractivity contribution in [3.63, 3.8) is 0 Å². The third kappa shape index (κ3) is 2.52. The summed E-state index contributed by atoms with van der Waals surface area (Å²) in [4.78, 5) is 26.7. The molecule has 1 aliphatic carbocycles. The maximum atomic E-state index is 12.5. The van der Waals surface area contributed by atoms with Crippen LogP contribution in [0.15, 0.2) is 12.4 Å². The highest BCUT2D eigenvalue weighted by Gasteiger charge is 2.58. The van der Waals surface area contributed by atoms with Crippen LogP contribution in [0.5, 0.6) is 0 Å². The van der Waals surface area contributed by atoms with Gasteiger partial charge >= 0.3 is 0 Å². The van der Waals surface area contributed by atoms with Gasteiger partial charge in [0.1, 0.15) is 6.04 Å². The van der Waals surface area contributed by atoms with Gasteiger partial charge < -0.3 is 15.5 Å². The summed E-state index contributed by atoms with van der Waals surface area (Å²) in [5.74, 6) is 0.148. The molecule has 1 saturated carbocycles. The maximum absolute atomic E-state index is 12.5. The second kappa shape index (κ2) is 5.33. The average molecular weight is 317 g/mol. The minimum Gasteiger partial charge on any atom is -0.344 e. The van der Waals surface area contributed by atoms with Gasteiger partial charge in [-0.3, -0.25) is 14.3 Å². The topological polar surface area (TPSA) is 79.3 Å². The molecule has 2 atom stereocenters. The number of carbonyl (C=O) groups excluding carboxylic acids is 2. The largest absolute Gasteiger partial charge is 0.344 e. The van der Waals surface area contributed by atoms with Crippen molar-refractivity contribution < 1.29 is 9.59 Å². The van der Waals surface area contributed by atoms with Crippen molar-refractivity contribution in [3.8, 4) is 0 Å². The molecule has 2 amide bonds. The van der Waals surface area contributed by atoms with E-state index in [2.05, 4.69) is 15.7 Å². The zero-order valence-electron chi connectivity index (χ0n) is 13.4. The highest BCUT2D eigenvalue weighted by atomic mass is 16.2. The van der Waals surface area contributed by atoms with E-state index in [1.54, 1.807) is 15.8 Å². The third-order valence-corrected chi connectivity index (χ3v) is 5.63. The van der Waals surface area contributed by atoms with Crippen LogP contribution in [0.1, 0.15) is 25.7 Å². The van der Waals surface area contributed by atoms with Gasteiger partial charge in [-0.15, -0.1) is 0 Å². The molecule has 1 spiro atoms. The van der Waals surface area contributed by atoms with E-state index in [0.717, 1.165) is 38.0 Å². The summed E-state index contributed by atoms with van der Waals surface area (Å²) >= 11 is 0. The molecule has 23 heavy (non-hydrogen) atoms. The van der Waals surface area contributed by atoms with Crippen LogP contribution < -0.4 is 15.5 Å². The van der Waals surface area contributed by atoms with Gasteiger partial charge in [-0.05, 0) is 44.2 Å². The number of nitrogens with one attached hydrogen (secondary N) is 2. The first kappa shape index (κ1) is 14.7. The first-order chi connectivity index (χ1) is 11.1. The molecule has 2 N–H and O–H groups in total. The van der Waals surface area contributed by atoms with Crippen molar-refractivity contribution in [2.75, 3.05) is 24.5 Å². The number of aromatic nitrogens is 2. The molecule has 3 aliphatic rings. The standard InChI is InChI=1S/C16H23N5O2/c1-20-10-11(9-18-20)21-7-2-13(15(21)23)19-14(22)12-8-16(12)3-5-17-6-4-16/h9-10,12-13,17H,2-8H2,1H3,(H,19,22). The number of hydrogen-bond acceptors (Lipinski definition) is 4. The molecule has 0 radical (unpaired) electrons. The Labute approximate surface area is 135 Å². The predicted octanol–water partition coefficient (Wildman–Crippen LogP) is 0.0313. The number of carbonyl (C=O) groups is 2. The van der Waals surface area contributed by atoms with Crippen LogP contribution in [-0.2, 0) is 16.6 Å². The molecule has 2 aliphatic heterocycles. The Morgan fingerprint density at radius 2 is 2.22 bits per heavy atom. The Morgan fingerprint density at radius 1 is 1.43 bits per heavy atom. The number of hydrogen-bond donors (Lipinski definition) is 2. The molecule has 2 saturated heterocycles. The Morgan fingerprint density at radius 3 is 2.91 bits per heavy atom. The summed E-state index contributed by atoms with van der Waals surface area (Å²) in [5, 5.41) is 10.4. The smallest absolute Gasteiger partial charge is 0.249 e. The monoisotopic (exact) mass is 317 g/mol. The SMILES string of the molecule is Cn1cc(N2CCC(NC(=O)C3CC34CCNCC4)C2=O)cn1. The van der Waals surface area contributed by atoms with E-state index in [1.807, 2.05) is 13.2 Å². The van der Waals surface area contributed by atoms with Crippen molar-refractivity contribution in [2.45, 2.75) is 31.7 Å². The Bertz CT molecular complexity index is 634. The molecule has 3 fully saturated rings. The van der Waals surface area contributed by atoms with E-state index >= 15 is 0 Å². The second-order valence-corrected chi connectivity index (χ2v) is 7.08. The van der Waals surface area contributed by atoms with Crippen LogP contribution in [0.4, 0.5) is 5.69 Å². The van der Waals surface area contributed by atoms with Gasteiger partial charge in [0.05, 0.1) is 11.9 Å². The second-order valence-electron chi connectivity index (χ2n) is 7.08. The Hall–Kier alpha value is -1.89. The quantitative estimate of drug-likeness (QED) is 0.824. The summed E-state index contributed by atoms with van der Waals surface area (Å²) < 4.78 is 1.68. The van der Waals surface area contributed by atoms with Gasteiger partial charge in [-0.25, -0.2) is 0 Å². The van der Waals surface area contributed by atoms with Gasteiger partial charge in [0, 0.05) is 25.7 Å². The number of piperidine rings is 1. The third-order valence-electron chi connectivity index (χ3n) is 5.63. The molecule has 1 aromatic heterocycles. The minimum atomic E-state index is -0.387. The summed E-state index contributed by atoms with van der Waals surface area (Å²) in [6, 6.07) is -0.387. The van der Waals surface area contributed by atoms with Crippen LogP contribution in [0, 0.1) is 11.3 Å². The fourth-order valence-electron chi connectivity index (χ4n) is 4.09. The van der Waals surface area contributed by atoms with Gasteiger partial charge in [0.2, 0.25) is 11.8 Å². The van der Waals surface area contributed by atoms with Crippen molar-refractivity contribution in [1.29, 1.82) is 0 Å². The molecular formula is C16H23N5O2. The normalized spacial score (nSPS) is 29.1. The van der Waals surface area contributed by atoms with E-state index in [-0.39, 0.29) is 29.2 Å². The molecule has 0 bridgehead atoms. The number of nitrogens with zero attached hydrogens (tertiary/aromatic N) is 3. The van der Waals surface area contributed by atoms with Gasteiger partial charge in [0.15, 0.2) is 0 Å². The average Bonchev–Trinajstić information content (AvgIpc) is 2.87. The molecule has 4 rings (SSSR count). The van der Waals surface area contributed by atoms with E-state index in [4.69, 9.17) is 0 Å². The number of rotatable bonds is 3. The van der Waals surface area contributed by atoms with E-state index in [9.17, 15) is 9.59 Å². The fourth-order valence-corrected chi connectivity index (χ4v) is 4.09. The molecule has 124 valence electrons. The van der Waals surface area contributed by atoms with Gasteiger partial charge in [0.25, 0.3) is 0 Å². The van der Waals surface area contributed by atoms with Crippen molar-refractivity contribution in [1.82, 2.24) is 20.4 Å². The number of amides is 2. The fraction of sp³-hybridized carbons (Fsp3) is 0.688. The number of anilines is 1. The van der Waals surface area contributed by atoms with Gasteiger partial charge in [-0.2, -0.15) is 5.10 Å². The summed E-state index contributed by atoms with van der Waals surface area (Å²) in [6.45, 7) is 2.64. The summed E-state index contributed by atoms with van der Waals surface area (Å²) in [7, 11) is 1.83. The lowest BCUT2D eigenvalue weighted by Crippen LogP contribution is -2.43. The lowest BCUT2D eigenvalue weighted by atomic mass is 9.91. The van der Waals surface area contributed by atoms with Crippen molar-refractivity contribution in [3.05, 3.63) is 12.4 Å². The minimum absolute atomic E-state index is 0.0219. The summed E-state index contributed by atoms with van der Waals surface area (Å²) in [6.07, 6.45) is 7.31. The van der Waals surface area contributed by atoms with Crippen molar-refractivity contribution >= 4 is 17.5 Å². The Balaban J connectivity index is 1.37. The van der Waals surface area contributed by atoms with E-state index in [0.29, 0.717) is 13.0 Å². The van der Waals surface area contributed by atoms with Crippen LogP contribution in [0.25, 0.3) is 0 Å². The highest BCUT2D eigenvalue weighted by molar-refractivity contribution is 6.01. The Kier molecular flexibility index (Phi) is 3.41. The lowest BCUT2D eigenvalue weighted by Gasteiger charge is -2.23. The molecule has 3 heterocycles. The lowest BCUT2D eigenvalue weighted by molar-refractivity contribution is -0.127. The molecule has 7 nitrogen and oxygen atoms in total. The van der Waals surface area contributed by atoms with Crippen molar-refractivity contribution in [2.24, 2.45) is 18.4 Å². The first-order valence-electron chi connectivity index (χ1n) is 8.40. The molecule has 7 heteroatoms. The van der Waals surface area contributed by atoms with Crippen LogP contribution in [-0.4, -0.2) is 47.3 Å². The van der Waals surface area contributed by atoms with Crippen LogP contribution in [0.3, 0.4) is 0 Å². The van der Waals surface area contributed by atoms with E-state index in [1.165, 1.54) is 0 Å². The molecular weight excluding hydrogens is 294 g/mol. The molecule has 1 aromatic rings. The molecule has 2 unspecified atom stereocenters. The van der Waals surface area contributed by atoms with E-state index < -0.39 is 0 Å². The summed E-state index contributed by atoms with van der Waals surface area (Å²) in [5.41, 5.74) is 1.01. The maximum Gasteiger partial charge on any atom is 0.249 e. The molecule has 0 aromatic carbocycles. The highest BCUT2D eigenvalue weighted by Crippen LogP contribution is 2.58. The predicted molar refractivity (Wildman–Crippen MR) is 84.8 cm³/mol. The zero-order chi connectivity index (χ0) is 16.0. The van der Waals surface area contributed by atoms with Crippen LogP contribution >= 0.6 is 0 Å². The zero-order valence-corrected chi connectivity index (χ0v) is 13.4. The first-order valence-corrected chi connectivity index (χ1v) is 8.40. The number of aryl methyl sites for hydroxylation is 1.